The van der Waals surface area contributed by atoms with Crippen LogP contribution in [-0.2, 0) is 9.59 Å². The molecule has 0 saturated carbocycles. The lowest BCUT2D eigenvalue weighted by Crippen LogP contribution is -2.38. The van der Waals surface area contributed by atoms with Gasteiger partial charge in [-0.2, -0.15) is 0 Å². The number of carbonyl (C=O) groups excluding carboxylic acids is 2. The van der Waals surface area contributed by atoms with Crippen molar-refractivity contribution in [2.24, 2.45) is 5.92 Å². The minimum atomic E-state index is -0.519. The van der Waals surface area contributed by atoms with E-state index in [0.717, 1.165) is 17.7 Å². The smallest absolute Gasteiger partial charge is 0.282 e. The minimum absolute atomic E-state index is 0.197. The Kier molecular flexibility index (Phi) is 5.36. The average Bonchev–Trinajstić information content (AvgIpc) is 2.93. The van der Waals surface area contributed by atoms with Gasteiger partial charge in [-0.3, -0.25) is 9.59 Å². The molecule has 150 valence electrons. The van der Waals surface area contributed by atoms with E-state index >= 15 is 0 Å². The van der Waals surface area contributed by atoms with Crippen LogP contribution in [0.5, 0.6) is 0 Å². The molecule has 0 bridgehead atoms. The number of anilines is 1. The van der Waals surface area contributed by atoms with E-state index in [1.165, 1.54) is 18.2 Å². The molecule has 1 fully saturated rings. The number of imide groups is 1. The largest absolute Gasteiger partial charge is 0.366 e. The molecular formula is C22H19Cl2FN2O2. The van der Waals surface area contributed by atoms with Gasteiger partial charge >= 0.3 is 0 Å². The molecule has 0 atom stereocenters. The Morgan fingerprint density at radius 1 is 1.00 bits per heavy atom. The molecule has 0 spiro atoms. The van der Waals surface area contributed by atoms with Gasteiger partial charge < -0.3 is 4.90 Å². The summed E-state index contributed by atoms with van der Waals surface area (Å²) in [5, 5.41) is 0.726. The third-order valence-corrected chi connectivity index (χ3v) is 5.97. The number of halogens is 3. The lowest BCUT2D eigenvalue weighted by Gasteiger charge is -2.32. The first-order valence-corrected chi connectivity index (χ1v) is 10.2. The number of piperidine rings is 1. The first-order chi connectivity index (χ1) is 13.9. The maximum atomic E-state index is 13.8. The third kappa shape index (κ3) is 3.65. The average molecular weight is 433 g/mol. The second-order valence-electron chi connectivity index (χ2n) is 7.44. The van der Waals surface area contributed by atoms with Gasteiger partial charge in [-0.15, -0.1) is 0 Å². The van der Waals surface area contributed by atoms with Crippen molar-refractivity contribution >= 4 is 46.3 Å². The lowest BCUT2D eigenvalue weighted by atomic mass is 9.97. The standard InChI is InChI=1S/C22H19Cl2FN2O2/c1-13-7-9-26(10-8-13)20-19(17-6-5-14(23)11-18(17)24)21(28)27(22(20)29)16-4-2-3-15(25)12-16/h2-6,11-13H,7-10H2,1H3. The van der Waals surface area contributed by atoms with Gasteiger partial charge in [0.1, 0.15) is 11.5 Å². The lowest BCUT2D eigenvalue weighted by molar-refractivity contribution is -0.120. The third-order valence-electron chi connectivity index (χ3n) is 5.43. The number of likely N-dealkylation sites (tertiary alicyclic amines) is 1. The van der Waals surface area contributed by atoms with Gasteiger partial charge in [-0.25, -0.2) is 9.29 Å². The Morgan fingerprint density at radius 3 is 2.38 bits per heavy atom. The molecule has 0 aromatic heterocycles. The van der Waals surface area contributed by atoms with Gasteiger partial charge in [0.2, 0.25) is 0 Å². The summed E-state index contributed by atoms with van der Waals surface area (Å²) in [4.78, 5) is 29.7. The van der Waals surface area contributed by atoms with E-state index in [1.807, 2.05) is 4.90 Å². The molecule has 1 saturated heterocycles. The normalized spacial score (nSPS) is 18.2. The molecule has 2 aliphatic rings. The van der Waals surface area contributed by atoms with Crippen LogP contribution < -0.4 is 4.90 Å². The van der Waals surface area contributed by atoms with Crippen LogP contribution in [-0.4, -0.2) is 29.8 Å². The van der Waals surface area contributed by atoms with Crippen molar-refractivity contribution in [2.45, 2.75) is 19.8 Å². The van der Waals surface area contributed by atoms with Crippen molar-refractivity contribution in [1.82, 2.24) is 4.90 Å². The zero-order chi connectivity index (χ0) is 20.7. The number of benzene rings is 2. The Bertz CT molecular complexity index is 1030. The second-order valence-corrected chi connectivity index (χ2v) is 8.29. The summed E-state index contributed by atoms with van der Waals surface area (Å²) in [5.74, 6) is -0.940. The Morgan fingerprint density at radius 2 is 1.72 bits per heavy atom. The van der Waals surface area contributed by atoms with Gasteiger partial charge in [0.15, 0.2) is 0 Å². The highest BCUT2D eigenvalue weighted by atomic mass is 35.5. The molecule has 2 heterocycles. The van der Waals surface area contributed by atoms with Crippen LogP contribution in [0, 0.1) is 11.7 Å². The first-order valence-electron chi connectivity index (χ1n) is 9.46. The summed E-state index contributed by atoms with van der Waals surface area (Å²) in [6, 6.07) is 10.3. The van der Waals surface area contributed by atoms with Gasteiger partial charge in [0.25, 0.3) is 11.8 Å². The van der Waals surface area contributed by atoms with Crippen LogP contribution in [0.4, 0.5) is 10.1 Å². The van der Waals surface area contributed by atoms with Gasteiger partial charge in [-0.05, 0) is 49.1 Å². The fourth-order valence-electron chi connectivity index (χ4n) is 3.83. The molecular weight excluding hydrogens is 414 g/mol. The molecule has 2 aromatic carbocycles. The van der Waals surface area contributed by atoms with Crippen molar-refractivity contribution in [3.05, 3.63) is 69.6 Å². The number of hydrogen-bond donors (Lipinski definition) is 0. The van der Waals surface area contributed by atoms with Gasteiger partial charge in [0, 0.05) is 23.7 Å². The van der Waals surface area contributed by atoms with Crippen LogP contribution in [0.3, 0.4) is 0 Å². The van der Waals surface area contributed by atoms with E-state index in [-0.39, 0.29) is 16.3 Å². The number of carbonyl (C=O) groups is 2. The molecule has 2 aliphatic heterocycles. The van der Waals surface area contributed by atoms with Crippen molar-refractivity contribution in [1.29, 1.82) is 0 Å². The van der Waals surface area contributed by atoms with E-state index < -0.39 is 17.6 Å². The summed E-state index contributed by atoms with van der Waals surface area (Å²) < 4.78 is 13.8. The molecule has 2 aromatic rings. The van der Waals surface area contributed by atoms with E-state index in [1.54, 1.807) is 24.3 Å². The van der Waals surface area contributed by atoms with Crippen LogP contribution in [0.1, 0.15) is 25.3 Å². The molecule has 0 radical (unpaired) electrons. The van der Waals surface area contributed by atoms with Crippen molar-refractivity contribution in [3.63, 3.8) is 0 Å². The van der Waals surface area contributed by atoms with Gasteiger partial charge in [0.05, 0.1) is 16.3 Å². The fraction of sp³-hybridized carbons (Fsp3) is 0.273. The summed E-state index contributed by atoms with van der Waals surface area (Å²) >= 11 is 12.4. The predicted octanol–water partition coefficient (Wildman–Crippen LogP) is 5.15. The monoisotopic (exact) mass is 432 g/mol. The molecule has 2 amide bonds. The minimum Gasteiger partial charge on any atom is -0.366 e. The van der Waals surface area contributed by atoms with Crippen LogP contribution in [0.15, 0.2) is 48.2 Å². The van der Waals surface area contributed by atoms with E-state index in [9.17, 15) is 14.0 Å². The number of amides is 2. The maximum absolute atomic E-state index is 13.8. The van der Waals surface area contributed by atoms with Crippen LogP contribution >= 0.6 is 23.2 Å². The first kappa shape index (κ1) is 19.9. The quantitative estimate of drug-likeness (QED) is 0.629. The summed E-state index contributed by atoms with van der Waals surface area (Å²) in [7, 11) is 0. The highest BCUT2D eigenvalue weighted by molar-refractivity contribution is 6.47. The maximum Gasteiger partial charge on any atom is 0.282 e. The molecule has 0 unspecified atom stereocenters. The second kappa shape index (κ2) is 7.81. The molecule has 0 N–H and O–H groups in total. The van der Waals surface area contributed by atoms with Crippen LogP contribution in [0.2, 0.25) is 10.0 Å². The number of nitrogens with zero attached hydrogens (tertiary/aromatic N) is 2. The summed E-state index contributed by atoms with van der Waals surface area (Å²) in [6.07, 6.45) is 1.85. The molecule has 0 aliphatic carbocycles. The molecule has 7 heteroatoms. The Labute approximate surface area is 178 Å². The van der Waals surface area contributed by atoms with Crippen molar-refractivity contribution in [3.8, 4) is 0 Å². The van der Waals surface area contributed by atoms with Crippen molar-refractivity contribution < 1.29 is 14.0 Å². The Balaban J connectivity index is 1.85. The predicted molar refractivity (Wildman–Crippen MR) is 112 cm³/mol. The molecule has 4 rings (SSSR count). The zero-order valence-electron chi connectivity index (χ0n) is 15.8. The number of rotatable bonds is 3. The summed E-state index contributed by atoms with van der Waals surface area (Å²) in [6.45, 7) is 3.51. The van der Waals surface area contributed by atoms with Crippen LogP contribution in [0.25, 0.3) is 5.57 Å². The highest BCUT2D eigenvalue weighted by Gasteiger charge is 2.43. The van der Waals surface area contributed by atoms with Gasteiger partial charge in [-0.1, -0.05) is 42.3 Å². The van der Waals surface area contributed by atoms with Crippen molar-refractivity contribution in [2.75, 3.05) is 18.0 Å². The van der Waals surface area contributed by atoms with E-state index in [4.69, 9.17) is 23.2 Å². The molecule has 4 nitrogen and oxygen atoms in total. The topological polar surface area (TPSA) is 40.6 Å². The highest BCUT2D eigenvalue weighted by Crippen LogP contribution is 2.39. The van der Waals surface area contributed by atoms with E-state index in [0.29, 0.717) is 35.3 Å². The summed E-state index contributed by atoms with van der Waals surface area (Å²) in [5.41, 5.74) is 1.19. The SMILES string of the molecule is CC1CCN(C2=C(c3ccc(Cl)cc3Cl)C(=O)N(c3cccc(F)c3)C2=O)CC1. The zero-order valence-corrected chi connectivity index (χ0v) is 17.3. The number of hydrogen-bond acceptors (Lipinski definition) is 3. The van der Waals surface area contributed by atoms with E-state index in [2.05, 4.69) is 6.92 Å². The Hall–Kier alpha value is -2.37. The fourth-order valence-corrected chi connectivity index (χ4v) is 4.33. The molecule has 29 heavy (non-hydrogen) atoms.